The van der Waals surface area contributed by atoms with Gasteiger partial charge >= 0.3 is 0 Å². The first kappa shape index (κ1) is 10.6. The van der Waals surface area contributed by atoms with Gasteiger partial charge in [0.1, 0.15) is 17.8 Å². The minimum atomic E-state index is 0.752. The normalized spacial score (nSPS) is 10.7. The number of rotatable bonds is 2. The van der Waals surface area contributed by atoms with Gasteiger partial charge in [-0.15, -0.1) is 0 Å². The molecule has 0 saturated heterocycles. The molecular weight excluding hydrogens is 226 g/mol. The second-order valence-corrected chi connectivity index (χ2v) is 4.09. The highest BCUT2D eigenvalue weighted by molar-refractivity contribution is 5.89. The molecule has 2 aromatic heterocycles. The number of anilines is 3. The number of nitrogens with two attached hydrogens (primary N) is 1. The van der Waals surface area contributed by atoms with Gasteiger partial charge in [-0.05, 0) is 30.3 Å². The van der Waals surface area contributed by atoms with Crippen LogP contribution < -0.4 is 10.6 Å². The standard InChI is InChI=1S/C13H13N5/c1-18(10-4-2-9(14)3-5-10)13-11-6-7-15-12(11)16-8-17-13/h2-8H,14H2,1H3,(H,15,16,17). The molecule has 1 aromatic carbocycles. The SMILES string of the molecule is CN(c1ccc(N)cc1)c1ncnc2[nH]ccc12. The van der Waals surface area contributed by atoms with Crippen molar-refractivity contribution < 1.29 is 0 Å². The first-order valence-electron chi connectivity index (χ1n) is 5.63. The number of nitrogens with one attached hydrogen (secondary N) is 1. The monoisotopic (exact) mass is 239 g/mol. The molecule has 0 saturated carbocycles. The lowest BCUT2D eigenvalue weighted by molar-refractivity contribution is 1.11. The largest absolute Gasteiger partial charge is 0.399 e. The Morgan fingerprint density at radius 1 is 1.11 bits per heavy atom. The Bertz CT molecular complexity index is 671. The maximum atomic E-state index is 5.69. The van der Waals surface area contributed by atoms with Crippen molar-refractivity contribution in [2.24, 2.45) is 0 Å². The van der Waals surface area contributed by atoms with Gasteiger partial charge in [0.2, 0.25) is 0 Å². The van der Waals surface area contributed by atoms with E-state index >= 15 is 0 Å². The van der Waals surface area contributed by atoms with E-state index in [1.165, 1.54) is 0 Å². The highest BCUT2D eigenvalue weighted by Crippen LogP contribution is 2.27. The number of H-pyrrole nitrogens is 1. The molecule has 0 radical (unpaired) electrons. The second-order valence-electron chi connectivity index (χ2n) is 4.09. The number of hydrogen-bond donors (Lipinski definition) is 2. The van der Waals surface area contributed by atoms with E-state index in [4.69, 9.17) is 5.73 Å². The Balaban J connectivity index is 2.08. The van der Waals surface area contributed by atoms with Crippen LogP contribution in [0.2, 0.25) is 0 Å². The molecule has 0 amide bonds. The molecule has 0 spiro atoms. The van der Waals surface area contributed by atoms with Crippen molar-refractivity contribution in [2.75, 3.05) is 17.7 Å². The molecule has 0 atom stereocenters. The average molecular weight is 239 g/mol. The van der Waals surface area contributed by atoms with Crippen LogP contribution in [-0.2, 0) is 0 Å². The number of nitrogens with zero attached hydrogens (tertiary/aromatic N) is 3. The number of benzene rings is 1. The topological polar surface area (TPSA) is 70.8 Å². The van der Waals surface area contributed by atoms with Gasteiger partial charge in [-0.25, -0.2) is 9.97 Å². The maximum Gasteiger partial charge on any atom is 0.145 e. The quantitative estimate of drug-likeness (QED) is 0.673. The molecule has 0 aliphatic carbocycles. The molecule has 0 aliphatic rings. The van der Waals surface area contributed by atoms with E-state index in [0.29, 0.717) is 0 Å². The van der Waals surface area contributed by atoms with E-state index in [0.717, 1.165) is 28.2 Å². The predicted molar refractivity (Wildman–Crippen MR) is 72.8 cm³/mol. The number of aromatic nitrogens is 3. The molecule has 0 fully saturated rings. The molecule has 0 aliphatic heterocycles. The molecule has 0 bridgehead atoms. The molecule has 2 heterocycles. The summed E-state index contributed by atoms with van der Waals surface area (Å²) in [4.78, 5) is 13.6. The molecule has 0 unspecified atom stereocenters. The summed E-state index contributed by atoms with van der Waals surface area (Å²) in [5.41, 5.74) is 8.31. The van der Waals surface area contributed by atoms with Crippen molar-refractivity contribution >= 4 is 28.2 Å². The third-order valence-corrected chi connectivity index (χ3v) is 2.93. The minimum Gasteiger partial charge on any atom is -0.399 e. The van der Waals surface area contributed by atoms with Crippen molar-refractivity contribution in [1.29, 1.82) is 0 Å². The Morgan fingerprint density at radius 3 is 2.67 bits per heavy atom. The van der Waals surface area contributed by atoms with Crippen LogP contribution in [0.1, 0.15) is 0 Å². The number of hydrogen-bond acceptors (Lipinski definition) is 4. The molecule has 18 heavy (non-hydrogen) atoms. The van der Waals surface area contributed by atoms with Crippen molar-refractivity contribution in [1.82, 2.24) is 15.0 Å². The second kappa shape index (κ2) is 4.03. The summed E-state index contributed by atoms with van der Waals surface area (Å²) in [5.74, 6) is 0.867. The van der Waals surface area contributed by atoms with E-state index in [9.17, 15) is 0 Å². The average Bonchev–Trinajstić information content (AvgIpc) is 2.87. The summed E-state index contributed by atoms with van der Waals surface area (Å²) in [6.07, 6.45) is 3.42. The zero-order valence-electron chi connectivity index (χ0n) is 9.96. The van der Waals surface area contributed by atoms with E-state index in [-0.39, 0.29) is 0 Å². The Labute approximate surface area is 104 Å². The number of fused-ring (bicyclic) bond motifs is 1. The highest BCUT2D eigenvalue weighted by atomic mass is 15.2. The lowest BCUT2D eigenvalue weighted by Gasteiger charge is -2.18. The van der Waals surface area contributed by atoms with Crippen LogP contribution in [0.4, 0.5) is 17.2 Å². The predicted octanol–water partition coefficient (Wildman–Crippen LogP) is 2.31. The van der Waals surface area contributed by atoms with Gasteiger partial charge in [-0.3, -0.25) is 0 Å². The van der Waals surface area contributed by atoms with Gasteiger partial charge in [0, 0.05) is 24.6 Å². The fourth-order valence-corrected chi connectivity index (χ4v) is 1.95. The van der Waals surface area contributed by atoms with Gasteiger partial charge < -0.3 is 15.6 Å². The molecular formula is C13H13N5. The summed E-state index contributed by atoms with van der Waals surface area (Å²) in [7, 11) is 1.97. The van der Waals surface area contributed by atoms with Crippen LogP contribution in [0, 0.1) is 0 Å². The van der Waals surface area contributed by atoms with Gasteiger partial charge in [0.05, 0.1) is 5.39 Å². The summed E-state index contributed by atoms with van der Waals surface area (Å²) in [6.45, 7) is 0. The Kier molecular flexibility index (Phi) is 2.37. The zero-order valence-corrected chi connectivity index (χ0v) is 9.96. The number of nitrogen functional groups attached to an aromatic ring is 1. The van der Waals surface area contributed by atoms with Crippen molar-refractivity contribution in [3.8, 4) is 0 Å². The summed E-state index contributed by atoms with van der Waals surface area (Å²) >= 11 is 0. The fraction of sp³-hybridized carbons (Fsp3) is 0.0769. The molecule has 3 N–H and O–H groups in total. The summed E-state index contributed by atoms with van der Waals surface area (Å²) < 4.78 is 0. The molecule has 90 valence electrons. The molecule has 3 rings (SSSR count). The molecule has 3 aromatic rings. The summed E-state index contributed by atoms with van der Waals surface area (Å²) in [6, 6.07) is 9.66. The first-order chi connectivity index (χ1) is 8.75. The van der Waals surface area contributed by atoms with Crippen LogP contribution in [0.3, 0.4) is 0 Å². The molecule has 5 nitrogen and oxygen atoms in total. The highest BCUT2D eigenvalue weighted by Gasteiger charge is 2.10. The Hall–Kier alpha value is -2.56. The van der Waals surface area contributed by atoms with Crippen molar-refractivity contribution in [3.63, 3.8) is 0 Å². The van der Waals surface area contributed by atoms with Gasteiger partial charge in [-0.2, -0.15) is 0 Å². The first-order valence-corrected chi connectivity index (χ1v) is 5.63. The van der Waals surface area contributed by atoms with Gasteiger partial charge in [0.25, 0.3) is 0 Å². The van der Waals surface area contributed by atoms with Gasteiger partial charge in [0.15, 0.2) is 0 Å². The van der Waals surface area contributed by atoms with Crippen LogP contribution in [0.5, 0.6) is 0 Å². The van der Waals surface area contributed by atoms with Crippen LogP contribution in [-0.4, -0.2) is 22.0 Å². The number of aromatic amines is 1. The van der Waals surface area contributed by atoms with Gasteiger partial charge in [-0.1, -0.05) is 0 Å². The van der Waals surface area contributed by atoms with Crippen LogP contribution in [0.25, 0.3) is 11.0 Å². The zero-order chi connectivity index (χ0) is 12.5. The van der Waals surface area contributed by atoms with Crippen LogP contribution >= 0.6 is 0 Å². The Morgan fingerprint density at radius 2 is 1.89 bits per heavy atom. The lowest BCUT2D eigenvalue weighted by Crippen LogP contribution is -2.11. The van der Waals surface area contributed by atoms with Crippen molar-refractivity contribution in [3.05, 3.63) is 42.9 Å². The van der Waals surface area contributed by atoms with Crippen LogP contribution in [0.15, 0.2) is 42.9 Å². The van der Waals surface area contributed by atoms with E-state index in [1.807, 2.05) is 48.5 Å². The van der Waals surface area contributed by atoms with E-state index in [1.54, 1.807) is 6.33 Å². The van der Waals surface area contributed by atoms with Crippen molar-refractivity contribution in [2.45, 2.75) is 0 Å². The third kappa shape index (κ3) is 1.66. The fourth-order valence-electron chi connectivity index (χ4n) is 1.95. The summed E-state index contributed by atoms with van der Waals surface area (Å²) in [5, 5.41) is 0.997. The van der Waals surface area contributed by atoms with E-state index < -0.39 is 0 Å². The van der Waals surface area contributed by atoms with E-state index in [2.05, 4.69) is 15.0 Å². The minimum absolute atomic E-state index is 0.752. The third-order valence-electron chi connectivity index (χ3n) is 2.93. The smallest absolute Gasteiger partial charge is 0.145 e. The lowest BCUT2D eigenvalue weighted by atomic mass is 10.2. The maximum absolute atomic E-state index is 5.69. The molecule has 5 heteroatoms.